The molecule has 6 aromatic heterocycles. The van der Waals surface area contributed by atoms with E-state index in [9.17, 15) is 8.78 Å². The molecule has 0 radical (unpaired) electrons. The zero-order chi connectivity index (χ0) is 36.4. The quantitative estimate of drug-likeness (QED) is 0.110. The highest BCUT2D eigenvalue weighted by molar-refractivity contribution is 6.31. The summed E-state index contributed by atoms with van der Waals surface area (Å²) in [5.41, 5.74) is 8.98. The second kappa shape index (κ2) is 15.6. The number of rotatable bonds is 7. The van der Waals surface area contributed by atoms with Crippen molar-refractivity contribution < 1.29 is 8.78 Å². The standard InChI is InChI=1S/C19H22ClFN6.C17H18ClFN6/c1-27(2)16-6-4-3-5-15(16)25-19-14(21)10-24-18(26-19)13-9-23-17-12(13)7-11(20)8-22-17;18-9-5-10-11(7-22-15(10)21-6-9)16-23-8-12(19)17(25-16)24-14-4-2-1-3-13(14)20/h7-10,15-16H,3-6H2,1-2H3,(H,22,23)(H,24,25,26);5-8,13-14H,1-4,20H2,(H,21,22)(H,23,24,25)/t15-,16-;13-,14-/m00/s1. The summed E-state index contributed by atoms with van der Waals surface area (Å²) in [7, 11) is 4.13. The molecule has 6 aromatic rings. The summed E-state index contributed by atoms with van der Waals surface area (Å²) in [6, 6.07) is 4.12. The van der Waals surface area contributed by atoms with Crippen LogP contribution in [0.2, 0.25) is 10.0 Å². The number of hydrogen-bond donors (Lipinski definition) is 5. The Hall–Kier alpha value is -4.50. The summed E-state index contributed by atoms with van der Waals surface area (Å²) in [6.07, 6.45) is 17.5. The zero-order valence-corrected chi connectivity index (χ0v) is 30.3. The number of nitrogens with zero attached hydrogens (tertiary/aromatic N) is 7. The number of aromatic nitrogens is 8. The highest BCUT2D eigenvalue weighted by Crippen LogP contribution is 2.31. The molecule has 0 bridgehead atoms. The molecular formula is C36H40Cl2F2N12. The molecule has 0 amide bonds. The average molecular weight is 750 g/mol. The van der Waals surface area contributed by atoms with Gasteiger partial charge in [-0.3, -0.25) is 0 Å². The van der Waals surface area contributed by atoms with E-state index in [-0.39, 0.29) is 29.8 Å². The number of nitrogens with one attached hydrogen (secondary N) is 4. The highest BCUT2D eigenvalue weighted by atomic mass is 35.5. The number of aromatic amines is 2. The van der Waals surface area contributed by atoms with Crippen LogP contribution in [0.5, 0.6) is 0 Å². The van der Waals surface area contributed by atoms with Crippen molar-refractivity contribution in [1.82, 2.24) is 44.8 Å². The molecule has 6 heterocycles. The minimum Gasteiger partial charge on any atom is -0.363 e. The highest BCUT2D eigenvalue weighted by Gasteiger charge is 2.28. The molecule has 4 atom stereocenters. The van der Waals surface area contributed by atoms with Gasteiger partial charge in [0.2, 0.25) is 0 Å². The largest absolute Gasteiger partial charge is 0.363 e. The molecule has 2 aliphatic rings. The maximum atomic E-state index is 14.4. The van der Waals surface area contributed by atoms with Crippen LogP contribution in [0.25, 0.3) is 44.8 Å². The summed E-state index contributed by atoms with van der Waals surface area (Å²) in [4.78, 5) is 34.0. The lowest BCUT2D eigenvalue weighted by Gasteiger charge is -2.36. The van der Waals surface area contributed by atoms with Gasteiger partial charge < -0.3 is 31.2 Å². The summed E-state index contributed by atoms with van der Waals surface area (Å²) >= 11 is 12.1. The first-order valence-electron chi connectivity index (χ1n) is 17.4. The Morgan fingerprint density at radius 3 is 1.69 bits per heavy atom. The van der Waals surface area contributed by atoms with E-state index in [4.69, 9.17) is 28.9 Å². The van der Waals surface area contributed by atoms with E-state index >= 15 is 0 Å². The van der Waals surface area contributed by atoms with Gasteiger partial charge in [0.1, 0.15) is 11.3 Å². The molecule has 0 saturated heterocycles. The average Bonchev–Trinajstić information content (AvgIpc) is 3.75. The Morgan fingerprint density at radius 1 is 0.692 bits per heavy atom. The van der Waals surface area contributed by atoms with Gasteiger partial charge in [-0.2, -0.15) is 0 Å². The number of nitrogens with two attached hydrogens (primary N) is 1. The van der Waals surface area contributed by atoms with Crippen molar-refractivity contribution in [3.05, 3.63) is 71.0 Å². The first kappa shape index (κ1) is 35.9. The van der Waals surface area contributed by atoms with Crippen LogP contribution in [0, 0.1) is 11.6 Å². The van der Waals surface area contributed by atoms with Crippen molar-refractivity contribution in [2.75, 3.05) is 24.7 Å². The van der Waals surface area contributed by atoms with E-state index < -0.39 is 11.6 Å². The fourth-order valence-electron chi connectivity index (χ4n) is 7.11. The third kappa shape index (κ3) is 7.80. The van der Waals surface area contributed by atoms with Gasteiger partial charge in [-0.15, -0.1) is 0 Å². The maximum Gasteiger partial charge on any atom is 0.183 e. The van der Waals surface area contributed by atoms with Gasteiger partial charge in [0.25, 0.3) is 0 Å². The molecular weight excluding hydrogens is 709 g/mol. The monoisotopic (exact) mass is 748 g/mol. The van der Waals surface area contributed by atoms with Crippen LogP contribution in [0.3, 0.4) is 0 Å². The second-order valence-corrected chi connectivity index (χ2v) is 14.4. The van der Waals surface area contributed by atoms with Gasteiger partial charge in [0.05, 0.1) is 22.4 Å². The van der Waals surface area contributed by atoms with Gasteiger partial charge in [0.15, 0.2) is 34.9 Å². The Bertz CT molecular complexity index is 2170. The second-order valence-electron chi connectivity index (χ2n) is 13.5. The van der Waals surface area contributed by atoms with Crippen molar-refractivity contribution in [3.8, 4) is 22.8 Å². The zero-order valence-electron chi connectivity index (χ0n) is 28.8. The van der Waals surface area contributed by atoms with Crippen molar-refractivity contribution in [3.63, 3.8) is 0 Å². The lowest BCUT2D eigenvalue weighted by atomic mass is 9.89. The first-order valence-corrected chi connectivity index (χ1v) is 18.2. The van der Waals surface area contributed by atoms with E-state index in [0.29, 0.717) is 39.0 Å². The fourth-order valence-corrected chi connectivity index (χ4v) is 7.43. The van der Waals surface area contributed by atoms with Crippen molar-refractivity contribution >= 4 is 56.9 Å². The smallest absolute Gasteiger partial charge is 0.183 e. The first-order chi connectivity index (χ1) is 25.1. The molecule has 272 valence electrons. The number of likely N-dealkylation sites (N-methyl/N-ethyl adjacent to an activating group) is 1. The minimum atomic E-state index is -0.488. The molecule has 52 heavy (non-hydrogen) atoms. The van der Waals surface area contributed by atoms with Crippen LogP contribution >= 0.6 is 23.2 Å². The van der Waals surface area contributed by atoms with E-state index in [1.54, 1.807) is 36.9 Å². The Labute approximate surface area is 309 Å². The molecule has 6 N–H and O–H groups in total. The summed E-state index contributed by atoms with van der Waals surface area (Å²) in [6.45, 7) is 0. The summed E-state index contributed by atoms with van der Waals surface area (Å²) < 4.78 is 28.6. The molecule has 0 spiro atoms. The van der Waals surface area contributed by atoms with Crippen LogP contribution < -0.4 is 16.4 Å². The van der Waals surface area contributed by atoms with E-state index in [1.807, 2.05) is 0 Å². The fraction of sp³-hybridized carbons (Fsp3) is 0.389. The number of anilines is 2. The number of halogens is 4. The number of pyridine rings is 2. The number of hydrogen-bond acceptors (Lipinski definition) is 10. The molecule has 0 aromatic carbocycles. The van der Waals surface area contributed by atoms with Gasteiger partial charge in [0, 0.05) is 70.9 Å². The number of H-pyrrole nitrogens is 2. The summed E-state index contributed by atoms with van der Waals surface area (Å²) in [5, 5.41) is 9.12. The van der Waals surface area contributed by atoms with Crippen LogP contribution in [0.4, 0.5) is 20.4 Å². The predicted molar refractivity (Wildman–Crippen MR) is 201 cm³/mol. The van der Waals surface area contributed by atoms with E-state index in [2.05, 4.69) is 69.5 Å². The lowest BCUT2D eigenvalue weighted by molar-refractivity contribution is 0.211. The Morgan fingerprint density at radius 2 is 1.17 bits per heavy atom. The van der Waals surface area contributed by atoms with Crippen molar-refractivity contribution in [2.45, 2.75) is 75.5 Å². The third-order valence-corrected chi connectivity index (χ3v) is 10.2. The molecule has 2 aliphatic carbocycles. The molecule has 8 rings (SSSR count). The molecule has 0 unspecified atom stereocenters. The van der Waals surface area contributed by atoms with Crippen molar-refractivity contribution in [1.29, 1.82) is 0 Å². The normalized spacial score (nSPS) is 20.5. The molecule has 2 fully saturated rings. The topological polar surface area (TPSA) is 162 Å². The SMILES string of the molecule is CN(C)[C@H]1CCCC[C@@H]1Nc1nc(-c2c[nH]c3ncc(Cl)cc23)ncc1F.N[C@H]1CCCC[C@@H]1Nc1nc(-c2c[nH]c3ncc(Cl)cc23)ncc1F. The predicted octanol–water partition coefficient (Wildman–Crippen LogP) is 7.59. The van der Waals surface area contributed by atoms with Crippen LogP contribution in [0.1, 0.15) is 51.4 Å². The van der Waals surface area contributed by atoms with Crippen LogP contribution in [-0.2, 0) is 0 Å². The Balaban J connectivity index is 0.000000162. The van der Waals surface area contributed by atoms with Crippen LogP contribution in [0.15, 0.2) is 49.3 Å². The van der Waals surface area contributed by atoms with Gasteiger partial charge >= 0.3 is 0 Å². The van der Waals surface area contributed by atoms with E-state index in [0.717, 1.165) is 66.8 Å². The molecule has 0 aliphatic heterocycles. The van der Waals surface area contributed by atoms with E-state index in [1.165, 1.54) is 18.8 Å². The minimum absolute atomic E-state index is 0.00246. The maximum absolute atomic E-state index is 14.4. The number of fused-ring (bicyclic) bond motifs is 2. The molecule has 16 heteroatoms. The van der Waals surface area contributed by atoms with Gasteiger partial charge in [-0.05, 0) is 51.9 Å². The summed E-state index contributed by atoms with van der Waals surface area (Å²) in [5.74, 6) is 0.324. The molecule has 2 saturated carbocycles. The lowest BCUT2D eigenvalue weighted by Crippen LogP contribution is -2.45. The molecule has 12 nitrogen and oxygen atoms in total. The van der Waals surface area contributed by atoms with Gasteiger partial charge in [-0.1, -0.05) is 48.9 Å². The van der Waals surface area contributed by atoms with Crippen LogP contribution in [-0.4, -0.2) is 83.0 Å². The third-order valence-electron chi connectivity index (χ3n) is 9.82. The Kier molecular flexibility index (Phi) is 10.8. The van der Waals surface area contributed by atoms with Crippen molar-refractivity contribution in [2.24, 2.45) is 5.73 Å². The van der Waals surface area contributed by atoms with Gasteiger partial charge in [-0.25, -0.2) is 38.7 Å².